The van der Waals surface area contributed by atoms with Gasteiger partial charge in [0.15, 0.2) is 0 Å². The fourth-order valence-corrected chi connectivity index (χ4v) is 3.44. The zero-order chi connectivity index (χ0) is 17.8. The lowest BCUT2D eigenvalue weighted by Crippen LogP contribution is -2.25. The van der Waals surface area contributed by atoms with E-state index in [4.69, 9.17) is 0 Å². The first kappa shape index (κ1) is 17.0. The van der Waals surface area contributed by atoms with Crippen molar-refractivity contribution in [2.24, 2.45) is 0 Å². The maximum Gasteiger partial charge on any atom is 0.273 e. The van der Waals surface area contributed by atoms with Gasteiger partial charge >= 0.3 is 0 Å². The van der Waals surface area contributed by atoms with Crippen LogP contribution in [0.25, 0.3) is 10.9 Å². The van der Waals surface area contributed by atoms with Crippen LogP contribution in [0.15, 0.2) is 53.6 Å². The minimum Gasteiger partial charge on any atom is -0.360 e. The molecule has 2 N–H and O–H groups in total. The number of para-hydroxylation sites is 1. The zero-order valence-electron chi connectivity index (χ0n) is 13.6. The van der Waals surface area contributed by atoms with Crippen molar-refractivity contribution in [1.82, 2.24) is 10.3 Å². The highest BCUT2D eigenvalue weighted by atomic mass is 32.2. The van der Waals surface area contributed by atoms with Gasteiger partial charge in [-0.05, 0) is 19.1 Å². The van der Waals surface area contributed by atoms with Crippen molar-refractivity contribution in [2.75, 3.05) is 12.3 Å². The molecule has 0 fully saturated rings. The van der Waals surface area contributed by atoms with Crippen LogP contribution in [0.2, 0.25) is 0 Å². The molecule has 0 aliphatic carbocycles. The Kier molecular flexibility index (Phi) is 5.04. The Morgan fingerprint density at radius 2 is 2.08 bits per heavy atom. The number of H-pyrrole nitrogens is 1. The summed E-state index contributed by atoms with van der Waals surface area (Å²) in [5.41, 5.74) is 1.88. The number of benzene rings is 2. The predicted molar refractivity (Wildman–Crippen MR) is 99.2 cm³/mol. The Bertz CT molecular complexity index is 936. The summed E-state index contributed by atoms with van der Waals surface area (Å²) in [6, 6.07) is 12.6. The lowest BCUT2D eigenvalue weighted by atomic mass is 10.1. The highest BCUT2D eigenvalue weighted by molar-refractivity contribution is 7.99. The molecule has 3 aromatic rings. The molecule has 2 aromatic carbocycles. The quantitative estimate of drug-likeness (QED) is 0.304. The van der Waals surface area contributed by atoms with Crippen LogP contribution in [-0.4, -0.2) is 28.1 Å². The number of amides is 1. The van der Waals surface area contributed by atoms with Crippen LogP contribution in [-0.2, 0) is 0 Å². The Morgan fingerprint density at radius 3 is 2.88 bits per heavy atom. The van der Waals surface area contributed by atoms with Crippen LogP contribution in [0.1, 0.15) is 15.9 Å². The molecular weight excluding hydrogens is 338 g/mol. The van der Waals surface area contributed by atoms with E-state index in [2.05, 4.69) is 16.4 Å². The standard InChI is InChI=1S/C18H17N3O3S/c1-12-6-7-13(10-16(12)21(23)24)18(22)19-8-9-25-17-11-20-15-5-3-2-4-14(15)17/h2-7,10-11,20H,8-9H2,1H3,(H,19,22). The van der Waals surface area contributed by atoms with Crippen LogP contribution in [0.3, 0.4) is 0 Å². The molecule has 6 nitrogen and oxygen atoms in total. The number of hydrogen-bond donors (Lipinski definition) is 2. The van der Waals surface area contributed by atoms with Crippen molar-refractivity contribution in [1.29, 1.82) is 0 Å². The molecule has 128 valence electrons. The zero-order valence-corrected chi connectivity index (χ0v) is 14.4. The molecule has 0 aliphatic rings. The summed E-state index contributed by atoms with van der Waals surface area (Å²) in [5.74, 6) is 0.407. The molecule has 7 heteroatoms. The maximum absolute atomic E-state index is 12.2. The van der Waals surface area contributed by atoms with Crippen molar-refractivity contribution < 1.29 is 9.72 Å². The van der Waals surface area contributed by atoms with Crippen LogP contribution in [0.4, 0.5) is 5.69 Å². The first-order valence-electron chi connectivity index (χ1n) is 7.78. The maximum atomic E-state index is 12.2. The Balaban J connectivity index is 1.56. The number of nitrogens with zero attached hydrogens (tertiary/aromatic N) is 1. The number of rotatable bonds is 6. The largest absolute Gasteiger partial charge is 0.360 e. The SMILES string of the molecule is Cc1ccc(C(=O)NCCSc2c[nH]c3ccccc23)cc1[N+](=O)[O-]. The van der Waals surface area contributed by atoms with Gasteiger partial charge in [-0.15, -0.1) is 11.8 Å². The summed E-state index contributed by atoms with van der Waals surface area (Å²) < 4.78 is 0. The number of aryl methyl sites for hydroxylation is 1. The monoisotopic (exact) mass is 355 g/mol. The average molecular weight is 355 g/mol. The summed E-state index contributed by atoms with van der Waals surface area (Å²) in [6.07, 6.45) is 1.96. The van der Waals surface area contributed by atoms with Crippen molar-refractivity contribution in [3.05, 3.63) is 69.9 Å². The van der Waals surface area contributed by atoms with Gasteiger partial charge < -0.3 is 10.3 Å². The van der Waals surface area contributed by atoms with Crippen molar-refractivity contribution in [3.8, 4) is 0 Å². The van der Waals surface area contributed by atoms with E-state index < -0.39 is 4.92 Å². The Hall–Kier alpha value is -2.80. The summed E-state index contributed by atoms with van der Waals surface area (Å²) in [7, 11) is 0. The molecule has 0 saturated carbocycles. The number of thioether (sulfide) groups is 1. The van der Waals surface area contributed by atoms with Gasteiger partial charge in [0.1, 0.15) is 0 Å². The second-order valence-electron chi connectivity index (χ2n) is 5.56. The van der Waals surface area contributed by atoms with Crippen LogP contribution < -0.4 is 5.32 Å². The summed E-state index contributed by atoms with van der Waals surface area (Å²) in [4.78, 5) is 27.0. The number of nitro groups is 1. The third-order valence-corrected chi connectivity index (χ3v) is 4.92. The number of aromatic nitrogens is 1. The molecule has 3 rings (SSSR count). The van der Waals surface area contributed by atoms with E-state index in [1.807, 2.05) is 24.4 Å². The third-order valence-electron chi connectivity index (χ3n) is 3.86. The lowest BCUT2D eigenvalue weighted by Gasteiger charge is -2.06. The minimum absolute atomic E-state index is 0.0409. The number of aromatic amines is 1. The normalized spacial score (nSPS) is 10.8. The van der Waals surface area contributed by atoms with E-state index in [9.17, 15) is 14.9 Å². The number of carbonyl (C=O) groups excluding carboxylic acids is 1. The molecule has 0 radical (unpaired) electrons. The fraction of sp³-hybridized carbons (Fsp3) is 0.167. The van der Waals surface area contributed by atoms with Crippen molar-refractivity contribution in [3.63, 3.8) is 0 Å². The van der Waals surface area contributed by atoms with Crippen LogP contribution in [0, 0.1) is 17.0 Å². The van der Waals surface area contributed by atoms with Crippen molar-refractivity contribution >= 4 is 34.3 Å². The highest BCUT2D eigenvalue weighted by Gasteiger charge is 2.14. The molecule has 25 heavy (non-hydrogen) atoms. The van der Waals surface area contributed by atoms with Crippen LogP contribution >= 0.6 is 11.8 Å². The Morgan fingerprint density at radius 1 is 1.28 bits per heavy atom. The number of fused-ring (bicyclic) bond motifs is 1. The number of carbonyl (C=O) groups is 1. The molecule has 0 bridgehead atoms. The predicted octanol–water partition coefficient (Wildman–Crippen LogP) is 3.91. The highest BCUT2D eigenvalue weighted by Crippen LogP contribution is 2.27. The first-order valence-corrected chi connectivity index (χ1v) is 8.77. The molecular formula is C18H17N3O3S. The molecule has 0 atom stereocenters. The van der Waals surface area contributed by atoms with Gasteiger partial charge in [0, 0.05) is 51.5 Å². The molecule has 1 amide bonds. The molecule has 1 heterocycles. The Labute approximate surface area is 148 Å². The van der Waals surface area contributed by atoms with Gasteiger partial charge in [-0.3, -0.25) is 14.9 Å². The lowest BCUT2D eigenvalue weighted by molar-refractivity contribution is -0.385. The van der Waals surface area contributed by atoms with E-state index in [0.29, 0.717) is 23.4 Å². The smallest absolute Gasteiger partial charge is 0.273 e. The van der Waals surface area contributed by atoms with Gasteiger partial charge in [-0.1, -0.05) is 24.3 Å². The summed E-state index contributed by atoms with van der Waals surface area (Å²) in [5, 5.41) is 14.9. The van der Waals surface area contributed by atoms with Gasteiger partial charge in [0.2, 0.25) is 0 Å². The summed E-state index contributed by atoms with van der Waals surface area (Å²) in [6.45, 7) is 2.13. The van der Waals surface area contributed by atoms with E-state index in [1.165, 1.54) is 6.07 Å². The van der Waals surface area contributed by atoms with Gasteiger partial charge in [0.25, 0.3) is 11.6 Å². The van der Waals surface area contributed by atoms with Gasteiger partial charge in [0.05, 0.1) is 4.92 Å². The van der Waals surface area contributed by atoms with Gasteiger partial charge in [-0.2, -0.15) is 0 Å². The van der Waals surface area contributed by atoms with E-state index >= 15 is 0 Å². The molecule has 0 saturated heterocycles. The number of hydrogen-bond acceptors (Lipinski definition) is 4. The summed E-state index contributed by atoms with van der Waals surface area (Å²) >= 11 is 1.65. The van der Waals surface area contributed by atoms with Crippen LogP contribution in [0.5, 0.6) is 0 Å². The molecule has 0 aliphatic heterocycles. The molecule has 0 spiro atoms. The second-order valence-corrected chi connectivity index (χ2v) is 6.70. The van der Waals surface area contributed by atoms with E-state index in [0.717, 1.165) is 15.8 Å². The topological polar surface area (TPSA) is 88.0 Å². The fourth-order valence-electron chi connectivity index (χ4n) is 2.54. The first-order chi connectivity index (χ1) is 12.1. The second kappa shape index (κ2) is 7.40. The molecule has 0 unspecified atom stereocenters. The van der Waals surface area contributed by atoms with E-state index in [-0.39, 0.29) is 11.6 Å². The number of nitro benzene ring substituents is 1. The average Bonchev–Trinajstić information content (AvgIpc) is 3.02. The number of nitrogens with one attached hydrogen (secondary N) is 2. The van der Waals surface area contributed by atoms with Gasteiger partial charge in [-0.25, -0.2) is 0 Å². The van der Waals surface area contributed by atoms with Crippen molar-refractivity contribution in [2.45, 2.75) is 11.8 Å². The molecule has 1 aromatic heterocycles. The third kappa shape index (κ3) is 3.83. The van der Waals surface area contributed by atoms with E-state index in [1.54, 1.807) is 30.8 Å². The minimum atomic E-state index is -0.473.